The SMILES string of the molecule is CCc1ccc(C2NCc3ccccc3-n3cccc32)cc1. The van der Waals surface area contributed by atoms with Crippen LogP contribution in [0, 0.1) is 0 Å². The molecule has 2 heteroatoms. The van der Waals surface area contributed by atoms with Crippen LogP contribution in [0.15, 0.2) is 66.9 Å². The van der Waals surface area contributed by atoms with E-state index in [0.29, 0.717) is 0 Å². The second kappa shape index (κ2) is 5.47. The van der Waals surface area contributed by atoms with Gasteiger partial charge in [-0.3, -0.25) is 0 Å². The van der Waals surface area contributed by atoms with E-state index in [2.05, 4.69) is 83.7 Å². The molecule has 1 unspecified atom stereocenters. The molecule has 1 atom stereocenters. The number of fused-ring (bicyclic) bond motifs is 3. The van der Waals surface area contributed by atoms with Crippen LogP contribution >= 0.6 is 0 Å². The number of nitrogens with one attached hydrogen (secondary N) is 1. The van der Waals surface area contributed by atoms with Crippen LogP contribution < -0.4 is 5.32 Å². The third kappa shape index (κ3) is 2.16. The lowest BCUT2D eigenvalue weighted by Gasteiger charge is -2.18. The summed E-state index contributed by atoms with van der Waals surface area (Å²) in [5.41, 5.74) is 6.63. The first-order valence-corrected chi connectivity index (χ1v) is 7.94. The highest BCUT2D eigenvalue weighted by atomic mass is 15.1. The van der Waals surface area contributed by atoms with Gasteiger partial charge in [0.05, 0.1) is 6.04 Å². The van der Waals surface area contributed by atoms with E-state index in [-0.39, 0.29) is 6.04 Å². The Hall–Kier alpha value is -2.32. The van der Waals surface area contributed by atoms with Gasteiger partial charge in [0, 0.05) is 24.1 Å². The molecule has 0 spiro atoms. The second-order valence-corrected chi connectivity index (χ2v) is 5.84. The van der Waals surface area contributed by atoms with Gasteiger partial charge in [-0.2, -0.15) is 0 Å². The first kappa shape index (κ1) is 13.4. The van der Waals surface area contributed by atoms with Gasteiger partial charge < -0.3 is 9.88 Å². The van der Waals surface area contributed by atoms with Crippen LogP contribution in [0.5, 0.6) is 0 Å². The minimum absolute atomic E-state index is 0.230. The van der Waals surface area contributed by atoms with Gasteiger partial charge in [-0.25, -0.2) is 0 Å². The summed E-state index contributed by atoms with van der Waals surface area (Å²) >= 11 is 0. The normalized spacial score (nSPS) is 16.7. The van der Waals surface area contributed by atoms with E-state index < -0.39 is 0 Å². The number of rotatable bonds is 2. The Kier molecular flexibility index (Phi) is 3.32. The summed E-state index contributed by atoms with van der Waals surface area (Å²) in [6.45, 7) is 3.08. The molecule has 0 saturated heterocycles. The number of para-hydroxylation sites is 1. The van der Waals surface area contributed by atoms with Crippen molar-refractivity contribution in [3.05, 3.63) is 89.2 Å². The van der Waals surface area contributed by atoms with Crippen molar-refractivity contribution in [2.24, 2.45) is 0 Å². The summed E-state index contributed by atoms with van der Waals surface area (Å²) in [4.78, 5) is 0. The quantitative estimate of drug-likeness (QED) is 0.746. The number of hydrogen-bond donors (Lipinski definition) is 1. The first-order valence-electron chi connectivity index (χ1n) is 7.94. The van der Waals surface area contributed by atoms with Crippen molar-refractivity contribution in [3.63, 3.8) is 0 Å². The Labute approximate surface area is 131 Å². The Morgan fingerprint density at radius 2 is 1.82 bits per heavy atom. The number of aryl methyl sites for hydroxylation is 1. The highest BCUT2D eigenvalue weighted by Crippen LogP contribution is 2.30. The molecule has 22 heavy (non-hydrogen) atoms. The topological polar surface area (TPSA) is 17.0 Å². The molecule has 2 aromatic carbocycles. The Balaban J connectivity index is 1.80. The van der Waals surface area contributed by atoms with Gasteiger partial charge in [0.15, 0.2) is 0 Å². The largest absolute Gasteiger partial charge is 0.319 e. The van der Waals surface area contributed by atoms with Crippen molar-refractivity contribution in [2.75, 3.05) is 0 Å². The minimum Gasteiger partial charge on any atom is -0.319 e. The lowest BCUT2D eigenvalue weighted by atomic mass is 10.0. The number of nitrogens with zero attached hydrogens (tertiary/aromatic N) is 1. The predicted octanol–water partition coefficient (Wildman–Crippen LogP) is 4.23. The van der Waals surface area contributed by atoms with Crippen LogP contribution in [0.3, 0.4) is 0 Å². The molecule has 1 aromatic heterocycles. The summed E-state index contributed by atoms with van der Waals surface area (Å²) in [5, 5.41) is 3.71. The van der Waals surface area contributed by atoms with E-state index in [9.17, 15) is 0 Å². The van der Waals surface area contributed by atoms with Gasteiger partial charge >= 0.3 is 0 Å². The summed E-state index contributed by atoms with van der Waals surface area (Å²) in [5.74, 6) is 0. The lowest BCUT2D eigenvalue weighted by Crippen LogP contribution is -2.21. The van der Waals surface area contributed by atoms with Crippen molar-refractivity contribution in [1.29, 1.82) is 0 Å². The van der Waals surface area contributed by atoms with E-state index in [0.717, 1.165) is 13.0 Å². The monoisotopic (exact) mass is 288 g/mol. The molecule has 2 nitrogen and oxygen atoms in total. The minimum atomic E-state index is 0.230. The molecule has 0 saturated carbocycles. The third-order valence-electron chi connectivity index (χ3n) is 4.55. The highest BCUT2D eigenvalue weighted by Gasteiger charge is 2.22. The summed E-state index contributed by atoms with van der Waals surface area (Å²) in [6, 6.07) is 22.2. The van der Waals surface area contributed by atoms with Gasteiger partial charge in [0.25, 0.3) is 0 Å². The van der Waals surface area contributed by atoms with Crippen LogP contribution in [0.25, 0.3) is 5.69 Å². The number of hydrogen-bond acceptors (Lipinski definition) is 1. The van der Waals surface area contributed by atoms with Crippen LogP contribution in [-0.2, 0) is 13.0 Å². The summed E-state index contributed by atoms with van der Waals surface area (Å²) in [6.07, 6.45) is 3.24. The molecule has 3 aromatic rings. The Morgan fingerprint density at radius 1 is 1.00 bits per heavy atom. The lowest BCUT2D eigenvalue weighted by molar-refractivity contribution is 0.601. The standard InChI is InChI=1S/C20H20N2/c1-2-15-9-11-16(12-10-15)20-19-8-5-13-22(19)18-7-4-3-6-17(18)14-21-20/h3-13,20-21H,2,14H2,1H3. The molecular weight excluding hydrogens is 268 g/mol. The van der Waals surface area contributed by atoms with Crippen molar-refractivity contribution >= 4 is 0 Å². The van der Waals surface area contributed by atoms with Crippen molar-refractivity contribution in [3.8, 4) is 5.69 Å². The Bertz CT molecular complexity index is 783. The average molecular weight is 288 g/mol. The molecule has 0 aliphatic carbocycles. The van der Waals surface area contributed by atoms with Crippen molar-refractivity contribution in [2.45, 2.75) is 25.9 Å². The highest BCUT2D eigenvalue weighted by molar-refractivity contribution is 5.46. The first-order chi connectivity index (χ1) is 10.9. The van der Waals surface area contributed by atoms with Gasteiger partial charge in [-0.05, 0) is 41.3 Å². The zero-order chi connectivity index (χ0) is 14.9. The predicted molar refractivity (Wildman–Crippen MR) is 90.3 cm³/mol. The number of benzene rings is 2. The molecule has 0 radical (unpaired) electrons. The van der Waals surface area contributed by atoms with Gasteiger partial charge in [0.2, 0.25) is 0 Å². The maximum Gasteiger partial charge on any atom is 0.0737 e. The molecule has 1 aliphatic rings. The fourth-order valence-electron chi connectivity index (χ4n) is 3.30. The van der Waals surface area contributed by atoms with Crippen LogP contribution in [0.1, 0.15) is 35.3 Å². The molecular formula is C20H20N2. The molecule has 0 amide bonds. The van der Waals surface area contributed by atoms with E-state index in [1.807, 2.05) is 0 Å². The fraction of sp³-hybridized carbons (Fsp3) is 0.200. The molecule has 110 valence electrons. The van der Waals surface area contributed by atoms with Crippen molar-refractivity contribution in [1.82, 2.24) is 9.88 Å². The third-order valence-corrected chi connectivity index (χ3v) is 4.55. The molecule has 2 heterocycles. The maximum atomic E-state index is 3.71. The van der Waals surface area contributed by atoms with Gasteiger partial charge in [-0.1, -0.05) is 49.4 Å². The molecule has 1 N–H and O–H groups in total. The van der Waals surface area contributed by atoms with Crippen LogP contribution in [0.4, 0.5) is 0 Å². The smallest absolute Gasteiger partial charge is 0.0737 e. The van der Waals surface area contributed by atoms with E-state index in [1.165, 1.54) is 28.1 Å². The summed E-state index contributed by atoms with van der Waals surface area (Å²) < 4.78 is 2.31. The molecule has 4 rings (SSSR count). The zero-order valence-electron chi connectivity index (χ0n) is 12.8. The molecule has 0 fully saturated rings. The van der Waals surface area contributed by atoms with E-state index >= 15 is 0 Å². The maximum absolute atomic E-state index is 3.71. The van der Waals surface area contributed by atoms with Gasteiger partial charge in [0.1, 0.15) is 0 Å². The molecule has 0 bridgehead atoms. The van der Waals surface area contributed by atoms with E-state index in [1.54, 1.807) is 0 Å². The molecule has 1 aliphatic heterocycles. The van der Waals surface area contributed by atoms with Crippen LogP contribution in [-0.4, -0.2) is 4.57 Å². The fourth-order valence-corrected chi connectivity index (χ4v) is 3.30. The summed E-state index contributed by atoms with van der Waals surface area (Å²) in [7, 11) is 0. The van der Waals surface area contributed by atoms with Crippen LogP contribution in [0.2, 0.25) is 0 Å². The van der Waals surface area contributed by atoms with E-state index in [4.69, 9.17) is 0 Å². The van der Waals surface area contributed by atoms with Crippen molar-refractivity contribution < 1.29 is 0 Å². The average Bonchev–Trinajstić information content (AvgIpc) is 3.00. The Morgan fingerprint density at radius 3 is 2.64 bits per heavy atom. The van der Waals surface area contributed by atoms with Gasteiger partial charge in [-0.15, -0.1) is 0 Å². The number of aromatic nitrogens is 1. The zero-order valence-corrected chi connectivity index (χ0v) is 12.8. The second-order valence-electron chi connectivity index (χ2n) is 5.84.